The summed E-state index contributed by atoms with van der Waals surface area (Å²) >= 11 is 0. The normalized spacial score (nSPS) is 10.0. The minimum atomic E-state index is -0.145. The Bertz CT molecular complexity index is 389. The molecule has 104 valence electrons. The Morgan fingerprint density at radius 2 is 2.17 bits per heavy atom. The van der Waals surface area contributed by atoms with Crippen molar-refractivity contribution in [2.45, 2.75) is 46.1 Å². The number of unbranched alkanes of at least 4 members (excludes halogenated alkanes) is 1. The zero-order valence-electron chi connectivity index (χ0n) is 11.7. The molecule has 1 aromatic rings. The molecule has 0 N–H and O–H groups in total. The van der Waals surface area contributed by atoms with Gasteiger partial charge in [0, 0.05) is 13.3 Å². The van der Waals surface area contributed by atoms with Crippen LogP contribution in [-0.4, -0.2) is 17.6 Å². The SMILES string of the molecule is CCCC[n+]1c(CCC(=O)OC)cn(C)c1C.[I-]. The van der Waals surface area contributed by atoms with Crippen LogP contribution in [-0.2, 0) is 29.5 Å². The number of aromatic nitrogens is 2. The quantitative estimate of drug-likeness (QED) is 0.350. The maximum Gasteiger partial charge on any atom is 0.305 e. The molecule has 0 saturated heterocycles. The summed E-state index contributed by atoms with van der Waals surface area (Å²) in [6.07, 6.45) is 5.65. The van der Waals surface area contributed by atoms with E-state index in [1.165, 1.54) is 31.5 Å². The number of halogens is 1. The number of hydrogen-bond donors (Lipinski definition) is 0. The van der Waals surface area contributed by atoms with E-state index >= 15 is 0 Å². The van der Waals surface area contributed by atoms with Gasteiger partial charge in [0.15, 0.2) is 0 Å². The fourth-order valence-electron chi connectivity index (χ4n) is 1.94. The molecule has 5 heteroatoms. The Labute approximate surface area is 126 Å². The first-order valence-corrected chi connectivity index (χ1v) is 6.21. The standard InChI is InChI=1S/C13H23N2O2.HI/c1-5-6-9-15-11(2)14(3)10-12(15)7-8-13(16)17-4;/h10H,5-9H2,1-4H3;1H/q+1;/p-1. The molecule has 0 aliphatic rings. The number of methoxy groups -OCH3 is 1. The third-order valence-electron chi connectivity index (χ3n) is 3.14. The second-order valence-electron chi connectivity index (χ2n) is 4.36. The summed E-state index contributed by atoms with van der Waals surface area (Å²) in [5.41, 5.74) is 1.21. The Hall–Kier alpha value is -0.590. The molecule has 18 heavy (non-hydrogen) atoms. The van der Waals surface area contributed by atoms with E-state index in [0.717, 1.165) is 13.0 Å². The van der Waals surface area contributed by atoms with Crippen LogP contribution < -0.4 is 28.5 Å². The van der Waals surface area contributed by atoms with E-state index < -0.39 is 0 Å². The summed E-state index contributed by atoms with van der Waals surface area (Å²) in [6, 6.07) is 0. The molecule has 0 fully saturated rings. The summed E-state index contributed by atoms with van der Waals surface area (Å²) in [7, 11) is 3.48. The molecule has 1 heterocycles. The van der Waals surface area contributed by atoms with Crippen LogP contribution in [0.3, 0.4) is 0 Å². The second-order valence-corrected chi connectivity index (χ2v) is 4.36. The van der Waals surface area contributed by atoms with Gasteiger partial charge in [0.2, 0.25) is 0 Å². The van der Waals surface area contributed by atoms with Crippen LogP contribution in [0.2, 0.25) is 0 Å². The number of imidazole rings is 1. The Morgan fingerprint density at radius 1 is 1.50 bits per heavy atom. The van der Waals surface area contributed by atoms with Gasteiger partial charge in [-0.25, -0.2) is 9.13 Å². The smallest absolute Gasteiger partial charge is 0.305 e. The average molecular weight is 366 g/mol. The zero-order valence-corrected chi connectivity index (χ0v) is 13.9. The van der Waals surface area contributed by atoms with E-state index in [2.05, 4.69) is 33.9 Å². The van der Waals surface area contributed by atoms with Crippen LogP contribution in [0.25, 0.3) is 0 Å². The maximum atomic E-state index is 11.2. The molecule has 0 aliphatic carbocycles. The summed E-state index contributed by atoms with van der Waals surface area (Å²) in [5.74, 6) is 1.09. The third-order valence-corrected chi connectivity index (χ3v) is 3.14. The number of esters is 1. The lowest BCUT2D eigenvalue weighted by Crippen LogP contribution is -3.00. The summed E-state index contributed by atoms with van der Waals surface area (Å²) in [6.45, 7) is 5.32. The minimum absolute atomic E-state index is 0. The van der Waals surface area contributed by atoms with Gasteiger partial charge in [0.25, 0.3) is 5.82 Å². The zero-order chi connectivity index (χ0) is 12.8. The Kier molecular flexibility index (Phi) is 8.22. The fourth-order valence-corrected chi connectivity index (χ4v) is 1.94. The van der Waals surface area contributed by atoms with Gasteiger partial charge in [-0.3, -0.25) is 4.79 Å². The van der Waals surface area contributed by atoms with Crippen molar-refractivity contribution in [3.05, 3.63) is 17.7 Å². The van der Waals surface area contributed by atoms with Crippen molar-refractivity contribution in [3.8, 4) is 0 Å². The van der Waals surface area contributed by atoms with Crippen molar-refractivity contribution < 1.29 is 38.1 Å². The second kappa shape index (κ2) is 8.50. The molecule has 0 unspecified atom stereocenters. The number of nitrogens with zero attached hydrogens (tertiary/aromatic N) is 2. The topological polar surface area (TPSA) is 35.1 Å². The molecule has 0 radical (unpaired) electrons. The van der Waals surface area contributed by atoms with Crippen LogP contribution in [0.15, 0.2) is 6.20 Å². The van der Waals surface area contributed by atoms with Crippen molar-refractivity contribution in [2.24, 2.45) is 7.05 Å². The van der Waals surface area contributed by atoms with Gasteiger partial charge in [-0.2, -0.15) is 0 Å². The number of carbonyl (C=O) groups excluding carboxylic acids is 1. The largest absolute Gasteiger partial charge is 1.00 e. The van der Waals surface area contributed by atoms with Gasteiger partial charge in [0.1, 0.15) is 11.9 Å². The number of carbonyl (C=O) groups is 1. The highest BCUT2D eigenvalue weighted by molar-refractivity contribution is 5.69. The lowest BCUT2D eigenvalue weighted by molar-refractivity contribution is -0.709. The highest BCUT2D eigenvalue weighted by Crippen LogP contribution is 2.04. The first-order chi connectivity index (χ1) is 8.10. The van der Waals surface area contributed by atoms with Crippen molar-refractivity contribution in [3.63, 3.8) is 0 Å². The fraction of sp³-hybridized carbons (Fsp3) is 0.692. The molecule has 0 spiro atoms. The van der Waals surface area contributed by atoms with Crippen LogP contribution >= 0.6 is 0 Å². The minimum Gasteiger partial charge on any atom is -1.00 e. The molecular weight excluding hydrogens is 343 g/mol. The van der Waals surface area contributed by atoms with Crippen LogP contribution in [0, 0.1) is 6.92 Å². The summed E-state index contributed by atoms with van der Waals surface area (Å²) in [5, 5.41) is 0. The Morgan fingerprint density at radius 3 is 2.72 bits per heavy atom. The monoisotopic (exact) mass is 366 g/mol. The van der Waals surface area contributed by atoms with Gasteiger partial charge in [-0.1, -0.05) is 13.3 Å². The van der Waals surface area contributed by atoms with Gasteiger partial charge < -0.3 is 28.7 Å². The molecule has 0 bridgehead atoms. The lowest BCUT2D eigenvalue weighted by atomic mass is 10.2. The highest BCUT2D eigenvalue weighted by Gasteiger charge is 2.17. The predicted molar refractivity (Wildman–Crippen MR) is 65.6 cm³/mol. The number of ether oxygens (including phenoxy) is 1. The van der Waals surface area contributed by atoms with Gasteiger partial charge >= 0.3 is 5.97 Å². The Balaban J connectivity index is 0.00000289. The van der Waals surface area contributed by atoms with E-state index in [-0.39, 0.29) is 29.9 Å². The van der Waals surface area contributed by atoms with Gasteiger partial charge in [0.05, 0.1) is 27.1 Å². The van der Waals surface area contributed by atoms with Gasteiger partial charge in [-0.05, 0) is 6.42 Å². The summed E-state index contributed by atoms with van der Waals surface area (Å²) < 4.78 is 9.09. The van der Waals surface area contributed by atoms with E-state index in [1.54, 1.807) is 0 Å². The number of rotatable bonds is 6. The maximum absolute atomic E-state index is 11.2. The van der Waals surface area contributed by atoms with Gasteiger partial charge in [-0.15, -0.1) is 0 Å². The highest BCUT2D eigenvalue weighted by atomic mass is 127. The summed E-state index contributed by atoms with van der Waals surface area (Å²) in [4.78, 5) is 11.2. The van der Waals surface area contributed by atoms with Crippen molar-refractivity contribution in [1.29, 1.82) is 0 Å². The molecule has 1 rings (SSSR count). The van der Waals surface area contributed by atoms with E-state index in [0.29, 0.717) is 6.42 Å². The molecule has 4 nitrogen and oxygen atoms in total. The van der Waals surface area contributed by atoms with Crippen LogP contribution in [0.5, 0.6) is 0 Å². The van der Waals surface area contributed by atoms with E-state index in [9.17, 15) is 4.79 Å². The molecule has 0 saturated carbocycles. The van der Waals surface area contributed by atoms with Crippen molar-refractivity contribution in [1.82, 2.24) is 4.57 Å². The molecule has 0 atom stereocenters. The molecular formula is C13H23IN2O2. The van der Waals surface area contributed by atoms with Crippen LogP contribution in [0.4, 0.5) is 0 Å². The van der Waals surface area contributed by atoms with E-state index in [4.69, 9.17) is 0 Å². The molecule has 0 aliphatic heterocycles. The first kappa shape index (κ1) is 17.4. The molecule has 1 aromatic heterocycles. The lowest BCUT2D eigenvalue weighted by Gasteiger charge is -2.02. The molecule has 0 amide bonds. The van der Waals surface area contributed by atoms with Crippen molar-refractivity contribution in [2.75, 3.05) is 7.11 Å². The predicted octanol–water partition coefficient (Wildman–Crippen LogP) is -1.47. The van der Waals surface area contributed by atoms with Crippen molar-refractivity contribution >= 4 is 5.97 Å². The number of hydrogen-bond acceptors (Lipinski definition) is 2. The van der Waals surface area contributed by atoms with Crippen LogP contribution in [0.1, 0.15) is 37.7 Å². The molecule has 0 aromatic carbocycles. The van der Waals surface area contributed by atoms with E-state index in [1.807, 2.05) is 7.05 Å². The average Bonchev–Trinajstić information content (AvgIpc) is 2.60. The number of aryl methyl sites for hydroxylation is 2. The first-order valence-electron chi connectivity index (χ1n) is 6.21. The third kappa shape index (κ3) is 4.59.